The summed E-state index contributed by atoms with van der Waals surface area (Å²) in [5.41, 5.74) is 0.714. The second-order valence-corrected chi connectivity index (χ2v) is 8.79. The van der Waals surface area contributed by atoms with Gasteiger partial charge in [0.15, 0.2) is 9.84 Å². The van der Waals surface area contributed by atoms with Crippen LogP contribution in [0, 0.1) is 6.92 Å². The lowest BCUT2D eigenvalue weighted by Gasteiger charge is -2.00. The Kier molecular flexibility index (Phi) is 6.28. The molecule has 1 rings (SSSR count). The number of aromatic nitrogens is 1. The Balaban J connectivity index is 2.53. The maximum atomic E-state index is 11.5. The zero-order valence-corrected chi connectivity index (χ0v) is 13.3. The van der Waals surface area contributed by atoms with Crippen LogP contribution in [0.5, 0.6) is 0 Å². The Morgan fingerprint density at radius 1 is 1.42 bits per heavy atom. The minimum absolute atomic E-state index is 0.0296. The van der Waals surface area contributed by atoms with E-state index in [0.717, 1.165) is 9.22 Å². The maximum Gasteiger partial charge on any atom is 0.308 e. The highest BCUT2D eigenvalue weighted by atomic mass is 32.2. The molecule has 0 saturated carbocycles. The molecule has 8 heteroatoms. The number of hydrogen-bond acceptors (Lipinski definition) is 6. The molecule has 5 nitrogen and oxygen atoms in total. The molecule has 0 spiro atoms. The van der Waals surface area contributed by atoms with Crippen molar-refractivity contribution in [1.82, 2.24) is 4.98 Å². The molecule has 0 amide bonds. The first-order valence-electron chi connectivity index (χ1n) is 5.85. The van der Waals surface area contributed by atoms with Crippen molar-refractivity contribution in [2.75, 3.05) is 17.3 Å². The largest absolute Gasteiger partial charge is 0.481 e. The summed E-state index contributed by atoms with van der Waals surface area (Å²) in [6.45, 7) is 3.61. The molecule has 1 aromatic rings. The predicted octanol–water partition coefficient (Wildman–Crippen LogP) is 2.00. The lowest BCUT2D eigenvalue weighted by atomic mass is 10.3. The lowest BCUT2D eigenvalue weighted by molar-refractivity contribution is -0.136. The van der Waals surface area contributed by atoms with Crippen molar-refractivity contribution in [3.63, 3.8) is 0 Å². The van der Waals surface area contributed by atoms with E-state index in [2.05, 4.69) is 4.98 Å². The number of hydrogen-bond donors (Lipinski definition) is 1. The number of aryl methyl sites for hydroxylation is 1. The lowest BCUT2D eigenvalue weighted by Crippen LogP contribution is -2.12. The highest BCUT2D eigenvalue weighted by Crippen LogP contribution is 2.27. The number of carboxylic acids is 1. The maximum absolute atomic E-state index is 11.5. The average Bonchev–Trinajstić information content (AvgIpc) is 2.58. The van der Waals surface area contributed by atoms with Gasteiger partial charge in [-0.05, 0) is 13.3 Å². The van der Waals surface area contributed by atoms with E-state index in [1.54, 1.807) is 6.92 Å². The van der Waals surface area contributed by atoms with Crippen LogP contribution in [-0.2, 0) is 21.1 Å². The average molecular weight is 323 g/mol. The Bertz CT molecular complexity index is 536. The van der Waals surface area contributed by atoms with Crippen molar-refractivity contribution >= 4 is 38.9 Å². The number of aliphatic carboxylic acids is 1. The van der Waals surface area contributed by atoms with Gasteiger partial charge >= 0.3 is 5.97 Å². The Morgan fingerprint density at radius 3 is 2.68 bits per heavy atom. The van der Waals surface area contributed by atoms with Crippen LogP contribution >= 0.6 is 23.1 Å². The first-order valence-corrected chi connectivity index (χ1v) is 9.47. The van der Waals surface area contributed by atoms with Gasteiger partial charge in [-0.25, -0.2) is 13.4 Å². The van der Waals surface area contributed by atoms with E-state index >= 15 is 0 Å². The molecule has 0 aromatic carbocycles. The number of thioether (sulfide) groups is 1. The van der Waals surface area contributed by atoms with Crippen LogP contribution in [-0.4, -0.2) is 41.7 Å². The molecular formula is C11H17NO4S3. The Hall–Kier alpha value is -0.600. The van der Waals surface area contributed by atoms with Crippen LogP contribution < -0.4 is 0 Å². The smallest absolute Gasteiger partial charge is 0.308 e. The van der Waals surface area contributed by atoms with Gasteiger partial charge in [0, 0.05) is 16.4 Å². The van der Waals surface area contributed by atoms with E-state index in [9.17, 15) is 13.2 Å². The van der Waals surface area contributed by atoms with Gasteiger partial charge in [-0.1, -0.05) is 18.7 Å². The molecule has 1 N–H and O–H groups in total. The van der Waals surface area contributed by atoms with Crippen molar-refractivity contribution in [2.24, 2.45) is 0 Å². The second kappa shape index (κ2) is 7.25. The molecule has 0 fully saturated rings. The number of sulfone groups is 1. The molecule has 0 bridgehead atoms. The number of nitrogens with zero attached hydrogens (tertiary/aromatic N) is 1. The van der Waals surface area contributed by atoms with Crippen LogP contribution in [0.15, 0.2) is 4.34 Å². The summed E-state index contributed by atoms with van der Waals surface area (Å²) < 4.78 is 23.8. The predicted molar refractivity (Wildman–Crippen MR) is 77.9 cm³/mol. The third kappa shape index (κ3) is 5.92. The minimum Gasteiger partial charge on any atom is -0.481 e. The fraction of sp³-hybridized carbons (Fsp3) is 0.636. The van der Waals surface area contributed by atoms with Crippen LogP contribution in [0.1, 0.15) is 23.9 Å². The molecule has 19 heavy (non-hydrogen) atoms. The third-order valence-electron chi connectivity index (χ3n) is 2.32. The highest BCUT2D eigenvalue weighted by Gasteiger charge is 2.13. The molecule has 0 aliphatic heterocycles. The number of thiazole rings is 1. The van der Waals surface area contributed by atoms with E-state index in [1.807, 2.05) is 6.92 Å². The van der Waals surface area contributed by atoms with Crippen LogP contribution in [0.25, 0.3) is 0 Å². The first kappa shape index (κ1) is 16.5. The van der Waals surface area contributed by atoms with Gasteiger partial charge in [0.05, 0.1) is 17.9 Å². The number of carbonyl (C=O) groups is 1. The van der Waals surface area contributed by atoms with Crippen molar-refractivity contribution in [3.05, 3.63) is 10.6 Å². The Morgan fingerprint density at radius 2 is 2.11 bits per heavy atom. The number of carboxylic acid groups (broad SMARTS) is 1. The fourth-order valence-electron chi connectivity index (χ4n) is 1.43. The SMILES string of the molecule is CCCS(=O)(=O)CCSc1nc(C)c(CC(=O)O)s1. The zero-order chi connectivity index (χ0) is 14.5. The molecule has 0 aliphatic carbocycles. The van der Waals surface area contributed by atoms with Crippen molar-refractivity contribution in [1.29, 1.82) is 0 Å². The van der Waals surface area contributed by atoms with E-state index in [1.165, 1.54) is 23.1 Å². The van der Waals surface area contributed by atoms with Gasteiger partial charge in [-0.2, -0.15) is 0 Å². The standard InChI is InChI=1S/C11H17NO4S3/c1-3-5-19(15,16)6-4-17-11-12-8(2)9(18-11)7-10(13)14/h3-7H2,1-2H3,(H,13,14). The summed E-state index contributed by atoms with van der Waals surface area (Å²) in [7, 11) is -2.96. The summed E-state index contributed by atoms with van der Waals surface area (Å²) in [6.07, 6.45) is 0.602. The summed E-state index contributed by atoms with van der Waals surface area (Å²) in [5, 5.41) is 8.74. The molecule has 0 atom stereocenters. The third-order valence-corrected chi connectivity index (χ3v) is 6.74. The van der Waals surface area contributed by atoms with Gasteiger partial charge in [0.2, 0.25) is 0 Å². The monoisotopic (exact) mass is 323 g/mol. The van der Waals surface area contributed by atoms with Gasteiger partial charge in [0.1, 0.15) is 4.34 Å². The van der Waals surface area contributed by atoms with E-state index < -0.39 is 15.8 Å². The molecule has 108 valence electrons. The van der Waals surface area contributed by atoms with Crippen molar-refractivity contribution < 1.29 is 18.3 Å². The van der Waals surface area contributed by atoms with Crippen molar-refractivity contribution in [2.45, 2.75) is 31.0 Å². The minimum atomic E-state index is -2.96. The topological polar surface area (TPSA) is 84.3 Å². The van der Waals surface area contributed by atoms with Gasteiger partial charge in [-0.3, -0.25) is 4.79 Å². The molecule has 0 saturated heterocycles. The summed E-state index contributed by atoms with van der Waals surface area (Å²) >= 11 is 2.70. The first-order chi connectivity index (χ1) is 8.84. The molecule has 0 unspecified atom stereocenters. The Labute approximate surface area is 121 Å². The van der Waals surface area contributed by atoms with E-state index in [0.29, 0.717) is 17.9 Å². The number of rotatable bonds is 8. The summed E-state index contributed by atoms with van der Waals surface area (Å²) in [6, 6.07) is 0. The van der Waals surface area contributed by atoms with Crippen LogP contribution in [0.3, 0.4) is 0 Å². The highest BCUT2D eigenvalue weighted by molar-refractivity contribution is 8.02. The zero-order valence-electron chi connectivity index (χ0n) is 10.9. The van der Waals surface area contributed by atoms with Gasteiger partial charge < -0.3 is 5.11 Å². The molecule has 1 heterocycles. The van der Waals surface area contributed by atoms with Crippen LogP contribution in [0.4, 0.5) is 0 Å². The normalized spacial score (nSPS) is 11.7. The van der Waals surface area contributed by atoms with Crippen LogP contribution in [0.2, 0.25) is 0 Å². The molecule has 1 aromatic heterocycles. The van der Waals surface area contributed by atoms with Crippen molar-refractivity contribution in [3.8, 4) is 0 Å². The molecular weight excluding hydrogens is 306 g/mol. The molecule has 0 radical (unpaired) electrons. The van der Waals surface area contributed by atoms with E-state index in [4.69, 9.17) is 5.11 Å². The summed E-state index contributed by atoms with van der Waals surface area (Å²) in [5.74, 6) is -0.0663. The van der Waals surface area contributed by atoms with Gasteiger partial charge in [0.25, 0.3) is 0 Å². The fourth-order valence-corrected chi connectivity index (χ4v) is 5.55. The molecule has 0 aliphatic rings. The summed E-state index contributed by atoms with van der Waals surface area (Å²) in [4.78, 5) is 15.6. The second-order valence-electron chi connectivity index (χ2n) is 4.06. The quantitative estimate of drug-likeness (QED) is 0.737. The van der Waals surface area contributed by atoms with E-state index in [-0.39, 0.29) is 17.9 Å². The van der Waals surface area contributed by atoms with Gasteiger partial charge in [-0.15, -0.1) is 11.3 Å².